The van der Waals surface area contributed by atoms with Crippen LogP contribution in [0, 0.1) is 0 Å². The van der Waals surface area contributed by atoms with Gasteiger partial charge in [-0.2, -0.15) is 13.2 Å². The SMILES string of the molecule is COc1ccc([C@H](NC(=O)N2CC[C@H](O)C2)C(F)(F)F)cc1. The second-order valence-corrected chi connectivity index (χ2v) is 5.09. The van der Waals surface area contributed by atoms with Crippen molar-refractivity contribution in [2.24, 2.45) is 0 Å². The summed E-state index contributed by atoms with van der Waals surface area (Å²) in [4.78, 5) is 13.1. The van der Waals surface area contributed by atoms with Crippen molar-refractivity contribution in [1.29, 1.82) is 0 Å². The summed E-state index contributed by atoms with van der Waals surface area (Å²) in [5, 5.41) is 11.3. The number of carbonyl (C=O) groups excluding carboxylic acids is 1. The fraction of sp³-hybridized carbons (Fsp3) is 0.500. The van der Waals surface area contributed by atoms with E-state index in [1.54, 1.807) is 0 Å². The van der Waals surface area contributed by atoms with E-state index in [0.29, 0.717) is 12.2 Å². The molecule has 2 N–H and O–H groups in total. The molecular weight excluding hydrogens is 301 g/mol. The second kappa shape index (κ2) is 6.43. The lowest BCUT2D eigenvalue weighted by atomic mass is 10.1. The summed E-state index contributed by atoms with van der Waals surface area (Å²) in [6, 6.07) is 2.38. The number of carbonyl (C=O) groups is 1. The minimum Gasteiger partial charge on any atom is -0.497 e. The van der Waals surface area contributed by atoms with Crippen LogP contribution < -0.4 is 10.1 Å². The average molecular weight is 318 g/mol. The van der Waals surface area contributed by atoms with E-state index in [0.717, 1.165) is 0 Å². The lowest BCUT2D eigenvalue weighted by Gasteiger charge is -2.25. The van der Waals surface area contributed by atoms with Crippen LogP contribution in [0.25, 0.3) is 0 Å². The summed E-state index contributed by atoms with van der Waals surface area (Å²) in [5.41, 5.74) is -0.0820. The third-order valence-electron chi connectivity index (χ3n) is 3.49. The molecule has 22 heavy (non-hydrogen) atoms. The maximum Gasteiger partial charge on any atom is 0.412 e. The Labute approximate surface area is 125 Å². The van der Waals surface area contributed by atoms with Crippen LogP contribution in [0.15, 0.2) is 24.3 Å². The highest BCUT2D eigenvalue weighted by Crippen LogP contribution is 2.33. The topological polar surface area (TPSA) is 61.8 Å². The molecule has 0 aliphatic carbocycles. The molecule has 1 aliphatic heterocycles. The highest BCUT2D eigenvalue weighted by molar-refractivity contribution is 5.75. The first-order valence-electron chi connectivity index (χ1n) is 6.75. The number of likely N-dealkylation sites (tertiary alicyclic amines) is 1. The Morgan fingerprint density at radius 1 is 1.41 bits per heavy atom. The first kappa shape index (κ1) is 16.4. The van der Waals surface area contributed by atoms with Gasteiger partial charge in [-0.05, 0) is 24.1 Å². The highest BCUT2D eigenvalue weighted by atomic mass is 19.4. The lowest BCUT2D eigenvalue weighted by molar-refractivity contribution is -0.155. The molecule has 122 valence electrons. The zero-order valence-corrected chi connectivity index (χ0v) is 11.9. The zero-order chi connectivity index (χ0) is 16.3. The minimum absolute atomic E-state index is 0.0407. The van der Waals surface area contributed by atoms with Crippen LogP contribution in [-0.2, 0) is 0 Å². The molecule has 1 aliphatic rings. The van der Waals surface area contributed by atoms with Crippen LogP contribution in [-0.4, -0.2) is 48.5 Å². The van der Waals surface area contributed by atoms with Crippen molar-refractivity contribution >= 4 is 6.03 Å². The van der Waals surface area contributed by atoms with Crippen molar-refractivity contribution < 1.29 is 27.8 Å². The summed E-state index contributed by atoms with van der Waals surface area (Å²) < 4.78 is 44.5. The Hall–Kier alpha value is -1.96. The molecule has 1 aromatic rings. The van der Waals surface area contributed by atoms with Crippen molar-refractivity contribution in [3.63, 3.8) is 0 Å². The van der Waals surface area contributed by atoms with Crippen LogP contribution in [0.5, 0.6) is 5.75 Å². The predicted octanol–water partition coefficient (Wildman–Crippen LogP) is 2.07. The van der Waals surface area contributed by atoms with E-state index >= 15 is 0 Å². The monoisotopic (exact) mass is 318 g/mol. The number of nitrogens with one attached hydrogen (secondary N) is 1. The third kappa shape index (κ3) is 3.82. The lowest BCUT2D eigenvalue weighted by Crippen LogP contribution is -2.45. The Bertz CT molecular complexity index is 519. The number of ether oxygens (including phenoxy) is 1. The number of aliphatic hydroxyl groups excluding tert-OH is 1. The van der Waals surface area contributed by atoms with E-state index < -0.39 is 24.4 Å². The van der Waals surface area contributed by atoms with Crippen molar-refractivity contribution in [3.05, 3.63) is 29.8 Å². The number of aliphatic hydroxyl groups is 1. The Kier molecular flexibility index (Phi) is 4.80. The molecule has 5 nitrogen and oxygen atoms in total. The van der Waals surface area contributed by atoms with Crippen LogP contribution in [0.1, 0.15) is 18.0 Å². The van der Waals surface area contributed by atoms with E-state index in [-0.39, 0.29) is 18.7 Å². The van der Waals surface area contributed by atoms with Gasteiger partial charge in [0.15, 0.2) is 6.04 Å². The molecule has 1 aromatic carbocycles. The Morgan fingerprint density at radius 3 is 2.50 bits per heavy atom. The molecule has 8 heteroatoms. The normalized spacial score (nSPS) is 19.9. The number of alkyl halides is 3. The quantitative estimate of drug-likeness (QED) is 0.897. The smallest absolute Gasteiger partial charge is 0.412 e. The summed E-state index contributed by atoms with van der Waals surface area (Å²) in [5.74, 6) is 0.429. The zero-order valence-electron chi connectivity index (χ0n) is 11.9. The van der Waals surface area contributed by atoms with Gasteiger partial charge in [0.1, 0.15) is 5.75 Å². The van der Waals surface area contributed by atoms with Crippen LogP contribution >= 0.6 is 0 Å². The van der Waals surface area contributed by atoms with Crippen molar-refractivity contribution in [1.82, 2.24) is 10.2 Å². The summed E-state index contributed by atoms with van der Waals surface area (Å²) in [7, 11) is 1.41. The van der Waals surface area contributed by atoms with E-state index in [1.807, 2.05) is 5.32 Å². The number of hydrogen-bond donors (Lipinski definition) is 2. The number of nitrogens with zero attached hydrogens (tertiary/aromatic N) is 1. The standard InChI is InChI=1S/C14H17F3N2O3/c1-22-11-4-2-9(3-5-11)12(14(15,16)17)18-13(21)19-7-6-10(20)8-19/h2-5,10,12,20H,6-8H2,1H3,(H,18,21)/t10-,12-/m0/s1. The molecule has 2 rings (SSSR count). The number of halogens is 3. The maximum absolute atomic E-state index is 13.2. The largest absolute Gasteiger partial charge is 0.497 e. The van der Waals surface area contributed by atoms with E-state index in [2.05, 4.69) is 0 Å². The van der Waals surface area contributed by atoms with Gasteiger partial charge in [-0.3, -0.25) is 0 Å². The highest BCUT2D eigenvalue weighted by Gasteiger charge is 2.43. The summed E-state index contributed by atoms with van der Waals surface area (Å²) in [6.07, 6.45) is -4.94. The molecule has 2 atom stereocenters. The summed E-state index contributed by atoms with van der Waals surface area (Å²) >= 11 is 0. The number of rotatable bonds is 3. The van der Waals surface area contributed by atoms with Gasteiger partial charge >= 0.3 is 12.2 Å². The Morgan fingerprint density at radius 2 is 2.05 bits per heavy atom. The van der Waals surface area contributed by atoms with E-state index in [4.69, 9.17) is 4.74 Å². The van der Waals surface area contributed by atoms with Crippen molar-refractivity contribution in [2.75, 3.05) is 20.2 Å². The van der Waals surface area contributed by atoms with Gasteiger partial charge in [-0.15, -0.1) is 0 Å². The van der Waals surface area contributed by atoms with Gasteiger partial charge in [-0.1, -0.05) is 12.1 Å². The molecule has 1 saturated heterocycles. The second-order valence-electron chi connectivity index (χ2n) is 5.09. The van der Waals surface area contributed by atoms with Crippen LogP contribution in [0.2, 0.25) is 0 Å². The molecule has 0 unspecified atom stereocenters. The molecule has 0 radical (unpaired) electrons. The Balaban J connectivity index is 2.14. The third-order valence-corrected chi connectivity index (χ3v) is 3.49. The van der Waals surface area contributed by atoms with E-state index in [9.17, 15) is 23.1 Å². The fourth-order valence-corrected chi connectivity index (χ4v) is 2.29. The van der Waals surface area contributed by atoms with Gasteiger partial charge in [0.25, 0.3) is 0 Å². The number of benzene rings is 1. The summed E-state index contributed by atoms with van der Waals surface area (Å²) in [6.45, 7) is 0.277. The number of amides is 2. The molecule has 1 fully saturated rings. The van der Waals surface area contributed by atoms with Gasteiger partial charge in [-0.25, -0.2) is 4.79 Å². The molecule has 0 aromatic heterocycles. The molecule has 0 bridgehead atoms. The number of hydrogen-bond acceptors (Lipinski definition) is 3. The van der Waals surface area contributed by atoms with Crippen molar-refractivity contribution in [3.8, 4) is 5.75 Å². The van der Waals surface area contributed by atoms with Gasteiger partial charge in [0.2, 0.25) is 0 Å². The van der Waals surface area contributed by atoms with Gasteiger partial charge in [0.05, 0.1) is 13.2 Å². The molecule has 0 spiro atoms. The van der Waals surface area contributed by atoms with Crippen LogP contribution in [0.4, 0.5) is 18.0 Å². The first-order valence-corrected chi connectivity index (χ1v) is 6.75. The van der Waals surface area contributed by atoms with E-state index in [1.165, 1.54) is 36.3 Å². The number of methoxy groups -OCH3 is 1. The predicted molar refractivity (Wildman–Crippen MR) is 72.5 cm³/mol. The van der Waals surface area contributed by atoms with Crippen molar-refractivity contribution in [2.45, 2.75) is 24.7 Å². The fourth-order valence-electron chi connectivity index (χ4n) is 2.29. The van der Waals surface area contributed by atoms with Crippen LogP contribution in [0.3, 0.4) is 0 Å². The number of β-amino-alcohol motifs (C(OH)–C–C–N with tert-alkyl or cyclic N) is 1. The molecular formula is C14H17F3N2O3. The maximum atomic E-state index is 13.2. The minimum atomic E-state index is -4.62. The number of urea groups is 1. The molecule has 0 saturated carbocycles. The molecule has 1 heterocycles. The molecule has 2 amide bonds. The average Bonchev–Trinajstić information content (AvgIpc) is 2.90. The first-order chi connectivity index (χ1) is 10.3. The van der Waals surface area contributed by atoms with Gasteiger partial charge in [0, 0.05) is 13.1 Å². The van der Waals surface area contributed by atoms with Gasteiger partial charge < -0.3 is 20.1 Å².